The Morgan fingerprint density at radius 3 is 2.33 bits per heavy atom. The molecule has 4 nitrogen and oxygen atoms in total. The highest BCUT2D eigenvalue weighted by molar-refractivity contribution is 5.99. The standard InChI is InChI=1S/C23H28N2O2/c1-16(2)13-22(26)25-15-19-8-6-5-7-18(19)14-21(25)23(27)24(4)20-11-9-17(3)10-12-20/h5-12,16,21H,13-15H2,1-4H3. The summed E-state index contributed by atoms with van der Waals surface area (Å²) >= 11 is 0. The Hall–Kier alpha value is -2.62. The van der Waals surface area contributed by atoms with E-state index in [1.54, 1.807) is 16.8 Å². The predicted octanol–water partition coefficient (Wildman–Crippen LogP) is 3.96. The molecule has 1 atom stereocenters. The van der Waals surface area contributed by atoms with Gasteiger partial charge in [-0.15, -0.1) is 0 Å². The SMILES string of the molecule is Cc1ccc(N(C)C(=O)C2Cc3ccccc3CN2C(=O)CC(C)C)cc1. The Kier molecular flexibility index (Phi) is 5.64. The highest BCUT2D eigenvalue weighted by atomic mass is 16.2. The number of nitrogens with zero attached hydrogens (tertiary/aromatic N) is 2. The van der Waals surface area contributed by atoms with Crippen LogP contribution in [0, 0.1) is 12.8 Å². The maximum absolute atomic E-state index is 13.3. The molecule has 0 radical (unpaired) electrons. The van der Waals surface area contributed by atoms with Crippen LogP contribution in [-0.4, -0.2) is 29.8 Å². The average molecular weight is 364 g/mol. The van der Waals surface area contributed by atoms with E-state index in [0.29, 0.717) is 19.4 Å². The van der Waals surface area contributed by atoms with E-state index in [9.17, 15) is 9.59 Å². The Morgan fingerprint density at radius 2 is 1.70 bits per heavy atom. The lowest BCUT2D eigenvalue weighted by Gasteiger charge is -2.38. The highest BCUT2D eigenvalue weighted by Crippen LogP contribution is 2.27. The van der Waals surface area contributed by atoms with Crippen LogP contribution >= 0.6 is 0 Å². The number of hydrogen-bond acceptors (Lipinski definition) is 2. The molecule has 0 aliphatic carbocycles. The van der Waals surface area contributed by atoms with Crippen LogP contribution in [0.3, 0.4) is 0 Å². The van der Waals surface area contributed by atoms with Crippen molar-refractivity contribution in [3.63, 3.8) is 0 Å². The van der Waals surface area contributed by atoms with Gasteiger partial charge in [0.15, 0.2) is 0 Å². The van der Waals surface area contributed by atoms with E-state index in [1.807, 2.05) is 57.2 Å². The van der Waals surface area contributed by atoms with E-state index in [2.05, 4.69) is 12.1 Å². The van der Waals surface area contributed by atoms with Gasteiger partial charge in [-0.3, -0.25) is 9.59 Å². The third kappa shape index (κ3) is 4.21. The monoisotopic (exact) mass is 364 g/mol. The largest absolute Gasteiger partial charge is 0.326 e. The summed E-state index contributed by atoms with van der Waals surface area (Å²) in [6.07, 6.45) is 1.02. The summed E-state index contributed by atoms with van der Waals surface area (Å²) in [4.78, 5) is 29.7. The molecule has 2 aromatic rings. The Bertz CT molecular complexity index is 827. The Balaban J connectivity index is 1.90. The first-order valence-corrected chi connectivity index (χ1v) is 9.57. The lowest BCUT2D eigenvalue weighted by molar-refractivity contribution is -0.141. The molecule has 3 rings (SSSR count). The fraction of sp³-hybridized carbons (Fsp3) is 0.391. The van der Waals surface area contributed by atoms with E-state index in [0.717, 1.165) is 22.4 Å². The second-order valence-corrected chi connectivity index (χ2v) is 7.84. The molecule has 0 bridgehead atoms. The molecule has 2 aromatic carbocycles. The van der Waals surface area contributed by atoms with Gasteiger partial charge in [-0.2, -0.15) is 0 Å². The van der Waals surface area contributed by atoms with Gasteiger partial charge in [0.25, 0.3) is 0 Å². The van der Waals surface area contributed by atoms with Gasteiger partial charge in [0.2, 0.25) is 11.8 Å². The smallest absolute Gasteiger partial charge is 0.249 e. The third-order valence-electron chi connectivity index (χ3n) is 5.19. The van der Waals surface area contributed by atoms with Crippen molar-refractivity contribution < 1.29 is 9.59 Å². The van der Waals surface area contributed by atoms with Crippen molar-refractivity contribution in [3.8, 4) is 0 Å². The molecule has 0 fully saturated rings. The topological polar surface area (TPSA) is 40.6 Å². The van der Waals surface area contributed by atoms with Crippen molar-refractivity contribution in [2.24, 2.45) is 5.92 Å². The zero-order valence-corrected chi connectivity index (χ0v) is 16.6. The summed E-state index contributed by atoms with van der Waals surface area (Å²) in [5.74, 6) is 0.279. The molecule has 0 spiro atoms. The zero-order valence-electron chi connectivity index (χ0n) is 16.6. The van der Waals surface area contributed by atoms with Crippen molar-refractivity contribution in [3.05, 3.63) is 65.2 Å². The van der Waals surface area contributed by atoms with Crippen molar-refractivity contribution in [2.45, 2.75) is 46.2 Å². The van der Waals surface area contributed by atoms with Gasteiger partial charge in [-0.25, -0.2) is 0 Å². The molecular formula is C23H28N2O2. The van der Waals surface area contributed by atoms with Crippen molar-refractivity contribution >= 4 is 17.5 Å². The van der Waals surface area contributed by atoms with Gasteiger partial charge in [0.1, 0.15) is 6.04 Å². The number of hydrogen-bond donors (Lipinski definition) is 0. The van der Waals surface area contributed by atoms with Crippen LogP contribution in [0.15, 0.2) is 48.5 Å². The Morgan fingerprint density at radius 1 is 1.07 bits per heavy atom. The fourth-order valence-electron chi connectivity index (χ4n) is 3.59. The van der Waals surface area contributed by atoms with Gasteiger partial charge in [-0.05, 0) is 36.1 Å². The van der Waals surface area contributed by atoms with Crippen LogP contribution in [0.2, 0.25) is 0 Å². The maximum Gasteiger partial charge on any atom is 0.249 e. The van der Waals surface area contributed by atoms with E-state index in [4.69, 9.17) is 0 Å². The summed E-state index contributed by atoms with van der Waals surface area (Å²) in [5.41, 5.74) is 4.29. The lowest BCUT2D eigenvalue weighted by atomic mass is 9.92. The van der Waals surface area contributed by atoms with Gasteiger partial charge < -0.3 is 9.80 Å². The molecule has 2 amide bonds. The Labute approximate surface area is 161 Å². The van der Waals surface area contributed by atoms with Crippen molar-refractivity contribution in [1.82, 2.24) is 4.90 Å². The number of carbonyl (C=O) groups is 2. The van der Waals surface area contributed by atoms with Crippen LogP contribution in [0.25, 0.3) is 0 Å². The number of aryl methyl sites for hydroxylation is 1. The molecule has 0 aromatic heterocycles. The minimum absolute atomic E-state index is 0.0366. The quantitative estimate of drug-likeness (QED) is 0.824. The molecule has 142 valence electrons. The molecule has 1 heterocycles. The van der Waals surface area contributed by atoms with Crippen LogP contribution < -0.4 is 4.90 Å². The average Bonchev–Trinajstić information content (AvgIpc) is 2.66. The maximum atomic E-state index is 13.3. The summed E-state index contributed by atoms with van der Waals surface area (Å²) in [5, 5.41) is 0. The zero-order chi connectivity index (χ0) is 19.6. The van der Waals surface area contributed by atoms with E-state index in [-0.39, 0.29) is 17.7 Å². The second kappa shape index (κ2) is 7.95. The molecule has 0 saturated carbocycles. The van der Waals surface area contributed by atoms with E-state index in [1.165, 1.54) is 0 Å². The van der Waals surface area contributed by atoms with Crippen LogP contribution in [0.5, 0.6) is 0 Å². The molecule has 0 N–H and O–H groups in total. The number of rotatable bonds is 4. The number of anilines is 1. The molecule has 1 aliphatic heterocycles. The van der Waals surface area contributed by atoms with Gasteiger partial charge in [0.05, 0.1) is 0 Å². The molecular weight excluding hydrogens is 336 g/mol. The third-order valence-corrected chi connectivity index (χ3v) is 5.19. The first-order valence-electron chi connectivity index (χ1n) is 9.57. The first-order chi connectivity index (χ1) is 12.9. The second-order valence-electron chi connectivity index (χ2n) is 7.84. The number of carbonyl (C=O) groups excluding carboxylic acids is 2. The highest BCUT2D eigenvalue weighted by Gasteiger charge is 2.36. The summed E-state index contributed by atoms with van der Waals surface area (Å²) < 4.78 is 0. The molecule has 1 unspecified atom stereocenters. The summed E-state index contributed by atoms with van der Waals surface area (Å²) in [7, 11) is 1.79. The van der Waals surface area contributed by atoms with Crippen LogP contribution in [0.4, 0.5) is 5.69 Å². The summed E-state index contributed by atoms with van der Waals surface area (Å²) in [6, 6.07) is 15.5. The number of fused-ring (bicyclic) bond motifs is 1. The van der Waals surface area contributed by atoms with E-state index < -0.39 is 6.04 Å². The normalized spacial score (nSPS) is 16.2. The summed E-state index contributed by atoms with van der Waals surface area (Å²) in [6.45, 7) is 6.59. The minimum atomic E-state index is -0.461. The number of likely N-dealkylation sites (N-methyl/N-ethyl adjacent to an activating group) is 1. The molecule has 1 aliphatic rings. The van der Waals surface area contributed by atoms with Crippen molar-refractivity contribution in [2.75, 3.05) is 11.9 Å². The predicted molar refractivity (Wildman–Crippen MR) is 109 cm³/mol. The lowest BCUT2D eigenvalue weighted by Crippen LogP contribution is -2.53. The minimum Gasteiger partial charge on any atom is -0.326 e. The van der Waals surface area contributed by atoms with Gasteiger partial charge in [-0.1, -0.05) is 55.8 Å². The van der Waals surface area contributed by atoms with E-state index >= 15 is 0 Å². The van der Waals surface area contributed by atoms with Crippen molar-refractivity contribution in [1.29, 1.82) is 0 Å². The van der Waals surface area contributed by atoms with Crippen LogP contribution in [0.1, 0.15) is 37.0 Å². The number of benzene rings is 2. The van der Waals surface area contributed by atoms with Gasteiger partial charge in [0, 0.05) is 32.1 Å². The fourth-order valence-corrected chi connectivity index (χ4v) is 3.59. The number of amides is 2. The molecule has 27 heavy (non-hydrogen) atoms. The molecule has 0 saturated heterocycles. The van der Waals surface area contributed by atoms with Crippen LogP contribution in [-0.2, 0) is 22.6 Å². The first kappa shape index (κ1) is 19.2. The molecule has 4 heteroatoms. The van der Waals surface area contributed by atoms with Gasteiger partial charge >= 0.3 is 0 Å².